The highest BCUT2D eigenvalue weighted by atomic mass is 16.7. The lowest BCUT2D eigenvalue weighted by Crippen LogP contribution is -2.39. The number of methoxy groups -OCH3 is 1. The number of carboxylic acid groups (broad SMARTS) is 1. The largest absolute Gasteiger partial charge is 0.481 e. The van der Waals surface area contributed by atoms with Crippen LogP contribution in [0, 0.1) is 10.1 Å². The van der Waals surface area contributed by atoms with Gasteiger partial charge in [0.25, 0.3) is 5.69 Å². The number of allylic oxidation sites excluding steroid dienone is 2. The van der Waals surface area contributed by atoms with Gasteiger partial charge < -0.3 is 28.8 Å². The third kappa shape index (κ3) is 9.36. The first-order chi connectivity index (χ1) is 20.3. The maximum absolute atomic E-state index is 13.5. The molecule has 0 radical (unpaired) electrons. The van der Waals surface area contributed by atoms with Crippen LogP contribution in [0.3, 0.4) is 0 Å². The van der Waals surface area contributed by atoms with Crippen LogP contribution in [0.2, 0.25) is 0 Å². The lowest BCUT2D eigenvalue weighted by molar-refractivity contribution is -0.384. The van der Waals surface area contributed by atoms with Crippen molar-refractivity contribution in [1.29, 1.82) is 0 Å². The number of carbonyl (C=O) groups is 5. The van der Waals surface area contributed by atoms with E-state index in [1.807, 2.05) is 0 Å². The Hall–Kier alpha value is -4.79. The molecule has 1 aliphatic rings. The van der Waals surface area contributed by atoms with Crippen molar-refractivity contribution in [3.05, 3.63) is 62.5 Å². The Morgan fingerprint density at radius 2 is 1.63 bits per heavy atom. The molecular formula is C28H34N2O13. The maximum atomic E-state index is 13.5. The molecule has 15 heteroatoms. The summed E-state index contributed by atoms with van der Waals surface area (Å²) in [5.74, 6) is -4.96. The quantitative estimate of drug-likeness (QED) is 0.0806. The Labute approximate surface area is 247 Å². The second-order valence-corrected chi connectivity index (χ2v) is 9.49. The van der Waals surface area contributed by atoms with Gasteiger partial charge in [0, 0.05) is 43.5 Å². The van der Waals surface area contributed by atoms with E-state index in [0.717, 1.165) is 4.90 Å². The second kappa shape index (κ2) is 16.0. The number of amides is 1. The second-order valence-electron chi connectivity index (χ2n) is 9.49. The third-order valence-electron chi connectivity index (χ3n) is 6.10. The molecule has 43 heavy (non-hydrogen) atoms. The van der Waals surface area contributed by atoms with E-state index in [1.165, 1.54) is 45.2 Å². The van der Waals surface area contributed by atoms with Gasteiger partial charge in [-0.1, -0.05) is 12.1 Å². The van der Waals surface area contributed by atoms with Gasteiger partial charge in [-0.2, -0.15) is 0 Å². The Balaban J connectivity index is 2.57. The molecular weight excluding hydrogens is 572 g/mol. The van der Waals surface area contributed by atoms with E-state index in [0.29, 0.717) is 0 Å². The molecule has 0 spiro atoms. The molecule has 0 aromatic heterocycles. The first-order valence-corrected chi connectivity index (χ1v) is 13.2. The van der Waals surface area contributed by atoms with Crippen molar-refractivity contribution in [2.24, 2.45) is 0 Å². The van der Waals surface area contributed by atoms with Crippen LogP contribution in [0.25, 0.3) is 0 Å². The van der Waals surface area contributed by atoms with Crippen LogP contribution in [-0.2, 0) is 42.9 Å². The van der Waals surface area contributed by atoms with E-state index in [1.54, 1.807) is 13.8 Å². The van der Waals surface area contributed by atoms with Gasteiger partial charge in [0.2, 0.25) is 6.79 Å². The number of non-ortho nitro benzene ring substituents is 1. The van der Waals surface area contributed by atoms with E-state index in [-0.39, 0.29) is 66.3 Å². The fourth-order valence-corrected chi connectivity index (χ4v) is 4.25. The topological polar surface area (TPSA) is 198 Å². The van der Waals surface area contributed by atoms with Gasteiger partial charge in [0.1, 0.15) is 6.61 Å². The van der Waals surface area contributed by atoms with Crippen molar-refractivity contribution in [2.45, 2.75) is 59.0 Å². The zero-order chi connectivity index (χ0) is 32.3. The number of carboxylic acids is 1. The summed E-state index contributed by atoms with van der Waals surface area (Å²) >= 11 is 0. The van der Waals surface area contributed by atoms with Crippen LogP contribution in [0.5, 0.6) is 0 Å². The van der Waals surface area contributed by atoms with Crippen LogP contribution in [0.15, 0.2) is 46.8 Å². The Morgan fingerprint density at radius 3 is 2.21 bits per heavy atom. The number of rotatable bonds is 14. The molecule has 1 aromatic rings. The molecule has 15 nitrogen and oxygen atoms in total. The molecule has 1 heterocycles. The fraction of sp³-hybridized carbons (Fsp3) is 0.464. The lowest BCUT2D eigenvalue weighted by atomic mass is 9.79. The van der Waals surface area contributed by atoms with Gasteiger partial charge >= 0.3 is 30.0 Å². The zero-order valence-electron chi connectivity index (χ0n) is 24.4. The van der Waals surface area contributed by atoms with Crippen molar-refractivity contribution in [1.82, 2.24) is 4.90 Å². The van der Waals surface area contributed by atoms with Gasteiger partial charge in [0.15, 0.2) is 0 Å². The number of aliphatic carboxylic acids is 1. The minimum Gasteiger partial charge on any atom is -0.481 e. The molecule has 1 unspecified atom stereocenters. The first kappa shape index (κ1) is 34.4. The Bertz CT molecular complexity index is 1320. The van der Waals surface area contributed by atoms with Crippen LogP contribution in [0.1, 0.15) is 58.4 Å². The molecule has 2 rings (SSSR count). The minimum absolute atomic E-state index is 0.00844. The number of esters is 3. The average Bonchev–Trinajstić information content (AvgIpc) is 2.92. The number of nitrogens with zero attached hydrogens (tertiary/aromatic N) is 2. The van der Waals surface area contributed by atoms with E-state index in [4.69, 9.17) is 28.8 Å². The van der Waals surface area contributed by atoms with E-state index < -0.39 is 53.7 Å². The molecule has 1 amide bonds. The van der Waals surface area contributed by atoms with Crippen molar-refractivity contribution in [3.63, 3.8) is 0 Å². The molecule has 0 aliphatic carbocycles. The van der Waals surface area contributed by atoms with Crippen LogP contribution < -0.4 is 0 Å². The summed E-state index contributed by atoms with van der Waals surface area (Å²) in [5.41, 5.74) is -0.517. The number of ether oxygens (including phenoxy) is 5. The number of benzene rings is 1. The molecule has 0 bridgehead atoms. The summed E-state index contributed by atoms with van der Waals surface area (Å²) in [6.45, 7) is 5.01. The summed E-state index contributed by atoms with van der Waals surface area (Å²) in [5, 5.41) is 20.2. The van der Waals surface area contributed by atoms with Gasteiger partial charge in [-0.3, -0.25) is 24.6 Å². The van der Waals surface area contributed by atoms with Crippen molar-refractivity contribution in [3.8, 4) is 0 Å². The Kier molecular flexibility index (Phi) is 12.8. The third-order valence-corrected chi connectivity index (χ3v) is 6.10. The predicted octanol–water partition coefficient (Wildman–Crippen LogP) is 3.58. The number of hydrogen-bond acceptors (Lipinski definition) is 12. The smallest absolute Gasteiger partial charge is 0.421 e. The number of carbonyl (C=O) groups excluding carboxylic acids is 4. The summed E-state index contributed by atoms with van der Waals surface area (Å²) in [4.78, 5) is 74.5. The summed E-state index contributed by atoms with van der Waals surface area (Å²) in [6, 6.07) is 5.33. The highest BCUT2D eigenvalue weighted by Gasteiger charge is 2.43. The molecule has 1 aromatic carbocycles. The SMILES string of the molecule is COCCOC(=O)C1=C(C)N(C(=O)OCOC(=O)CCCC(=O)O)C(C)=C(C(=O)OC(C)C)C1c1cccc([N+](=O)[O-])c1. The highest BCUT2D eigenvalue weighted by Crippen LogP contribution is 2.44. The van der Waals surface area contributed by atoms with Gasteiger partial charge in [0.05, 0.1) is 34.7 Å². The van der Waals surface area contributed by atoms with Crippen LogP contribution in [0.4, 0.5) is 10.5 Å². The zero-order valence-corrected chi connectivity index (χ0v) is 24.4. The lowest BCUT2D eigenvalue weighted by Gasteiger charge is -2.36. The Morgan fingerprint density at radius 1 is 0.977 bits per heavy atom. The molecule has 1 atom stereocenters. The predicted molar refractivity (Wildman–Crippen MR) is 146 cm³/mol. The monoisotopic (exact) mass is 606 g/mol. The minimum atomic E-state index is -1.24. The van der Waals surface area contributed by atoms with Gasteiger partial charge in [-0.25, -0.2) is 14.4 Å². The first-order valence-electron chi connectivity index (χ1n) is 13.2. The van der Waals surface area contributed by atoms with Crippen molar-refractivity contribution < 1.29 is 57.7 Å². The normalized spacial score (nSPS) is 14.8. The molecule has 0 fully saturated rings. The molecule has 0 saturated carbocycles. The fourth-order valence-electron chi connectivity index (χ4n) is 4.25. The van der Waals surface area contributed by atoms with Gasteiger partial charge in [-0.05, 0) is 39.7 Å². The molecule has 0 saturated heterocycles. The van der Waals surface area contributed by atoms with Gasteiger partial charge in [-0.15, -0.1) is 0 Å². The van der Waals surface area contributed by atoms with E-state index in [2.05, 4.69) is 0 Å². The number of nitro groups is 1. The molecule has 1 N–H and O–H groups in total. The van der Waals surface area contributed by atoms with E-state index >= 15 is 0 Å². The number of hydrogen-bond donors (Lipinski definition) is 1. The standard InChI is InChI=1S/C28H34N2O13/c1-16(2)43-27(35)24-18(4)29(28(36)42-15-41-22(33)11-7-10-21(31)32)17(3)23(26(34)40-13-12-39-5)25(24)19-8-6-9-20(14-19)30(37)38/h6,8-9,14,16,25H,7,10-13,15H2,1-5H3,(H,31,32). The summed E-state index contributed by atoms with van der Waals surface area (Å²) in [7, 11) is 1.40. The van der Waals surface area contributed by atoms with Crippen molar-refractivity contribution >= 4 is 35.7 Å². The average molecular weight is 607 g/mol. The van der Waals surface area contributed by atoms with E-state index in [9.17, 15) is 34.1 Å². The molecule has 1 aliphatic heterocycles. The summed E-state index contributed by atoms with van der Waals surface area (Å²) in [6.07, 6.45) is -2.18. The molecule has 234 valence electrons. The van der Waals surface area contributed by atoms with Crippen LogP contribution >= 0.6 is 0 Å². The highest BCUT2D eigenvalue weighted by molar-refractivity contribution is 6.01. The van der Waals surface area contributed by atoms with Crippen LogP contribution in [-0.4, -0.2) is 78.1 Å². The van der Waals surface area contributed by atoms with Crippen molar-refractivity contribution in [2.75, 3.05) is 27.1 Å². The number of nitro benzene ring substituents is 1. The maximum Gasteiger partial charge on any atom is 0.421 e. The summed E-state index contributed by atoms with van der Waals surface area (Å²) < 4.78 is 25.7.